The highest BCUT2D eigenvalue weighted by molar-refractivity contribution is 4.75. The fourth-order valence-electron chi connectivity index (χ4n) is 1.34. The molecule has 0 aromatic heterocycles. The van der Waals surface area contributed by atoms with Crippen LogP contribution in [0.25, 0.3) is 0 Å². The molecule has 0 amide bonds. The molecule has 0 bridgehead atoms. The standard InChI is InChI=1S/C11H24O3/c1-7-12-11(13-8-2,14-9-3)10(4,5)6/h7-9H2,1-6H3. The van der Waals surface area contributed by atoms with E-state index in [0.29, 0.717) is 19.8 Å². The summed E-state index contributed by atoms with van der Waals surface area (Å²) in [6.07, 6.45) is 0. The first-order valence-electron chi connectivity index (χ1n) is 5.35. The van der Waals surface area contributed by atoms with Gasteiger partial charge in [0, 0.05) is 25.2 Å². The molecule has 0 saturated heterocycles. The second-order valence-corrected chi connectivity index (χ2v) is 4.11. The van der Waals surface area contributed by atoms with Gasteiger partial charge in [0.15, 0.2) is 0 Å². The van der Waals surface area contributed by atoms with Crippen LogP contribution in [0.3, 0.4) is 0 Å². The van der Waals surface area contributed by atoms with Crippen molar-refractivity contribution in [1.29, 1.82) is 0 Å². The fourth-order valence-corrected chi connectivity index (χ4v) is 1.34. The first kappa shape index (κ1) is 13.9. The largest absolute Gasteiger partial charge is 0.327 e. The zero-order valence-corrected chi connectivity index (χ0v) is 10.3. The highest BCUT2D eigenvalue weighted by atomic mass is 16.9. The Balaban J connectivity index is 4.73. The topological polar surface area (TPSA) is 27.7 Å². The Morgan fingerprint density at radius 3 is 1.14 bits per heavy atom. The maximum Gasteiger partial charge on any atom is 0.288 e. The van der Waals surface area contributed by atoms with Crippen LogP contribution >= 0.6 is 0 Å². The molecule has 14 heavy (non-hydrogen) atoms. The molecule has 0 unspecified atom stereocenters. The third kappa shape index (κ3) is 3.23. The molecule has 0 rings (SSSR count). The van der Waals surface area contributed by atoms with Crippen LogP contribution in [-0.2, 0) is 14.2 Å². The lowest BCUT2D eigenvalue weighted by molar-refractivity contribution is -0.419. The lowest BCUT2D eigenvalue weighted by Gasteiger charge is -2.42. The first-order valence-corrected chi connectivity index (χ1v) is 5.35. The highest BCUT2D eigenvalue weighted by Crippen LogP contribution is 2.36. The van der Waals surface area contributed by atoms with Crippen LogP contribution < -0.4 is 0 Å². The van der Waals surface area contributed by atoms with E-state index in [2.05, 4.69) is 0 Å². The van der Waals surface area contributed by atoms with E-state index in [9.17, 15) is 0 Å². The van der Waals surface area contributed by atoms with Crippen molar-refractivity contribution in [1.82, 2.24) is 0 Å². The predicted octanol–water partition coefficient (Wildman–Crippen LogP) is 2.80. The molecule has 0 aliphatic heterocycles. The molecule has 0 aromatic rings. The van der Waals surface area contributed by atoms with Crippen molar-refractivity contribution in [2.45, 2.75) is 47.5 Å². The quantitative estimate of drug-likeness (QED) is 0.623. The molecular formula is C11H24O3. The first-order chi connectivity index (χ1) is 6.43. The van der Waals surface area contributed by atoms with Crippen molar-refractivity contribution < 1.29 is 14.2 Å². The van der Waals surface area contributed by atoms with Crippen LogP contribution in [-0.4, -0.2) is 25.8 Å². The van der Waals surface area contributed by atoms with Gasteiger partial charge in [0.25, 0.3) is 5.97 Å². The van der Waals surface area contributed by atoms with Gasteiger partial charge in [-0.05, 0) is 20.8 Å². The summed E-state index contributed by atoms with van der Waals surface area (Å²) in [6.45, 7) is 13.7. The van der Waals surface area contributed by atoms with Gasteiger partial charge in [-0.25, -0.2) is 0 Å². The Morgan fingerprint density at radius 1 is 0.714 bits per heavy atom. The molecule has 86 valence electrons. The van der Waals surface area contributed by atoms with E-state index in [1.54, 1.807) is 0 Å². The lowest BCUT2D eigenvalue weighted by Crippen LogP contribution is -2.50. The smallest absolute Gasteiger partial charge is 0.288 e. The Kier molecular flexibility index (Phi) is 5.64. The molecule has 0 aliphatic carbocycles. The number of rotatable bonds is 6. The van der Waals surface area contributed by atoms with E-state index in [-0.39, 0.29) is 5.41 Å². The summed E-state index contributed by atoms with van der Waals surface area (Å²) >= 11 is 0. The molecular weight excluding hydrogens is 180 g/mol. The van der Waals surface area contributed by atoms with Crippen molar-refractivity contribution in [2.75, 3.05) is 19.8 Å². The Bertz CT molecular complexity index is 132. The molecule has 0 aromatic carbocycles. The van der Waals surface area contributed by atoms with E-state index in [4.69, 9.17) is 14.2 Å². The summed E-state index contributed by atoms with van der Waals surface area (Å²) in [4.78, 5) is 0. The van der Waals surface area contributed by atoms with Gasteiger partial charge in [0.1, 0.15) is 0 Å². The number of ether oxygens (including phenoxy) is 3. The van der Waals surface area contributed by atoms with Gasteiger partial charge in [-0.3, -0.25) is 0 Å². The summed E-state index contributed by atoms with van der Waals surface area (Å²) < 4.78 is 16.9. The van der Waals surface area contributed by atoms with Crippen LogP contribution in [0, 0.1) is 5.41 Å². The molecule has 0 atom stereocenters. The molecule has 0 saturated carbocycles. The minimum absolute atomic E-state index is 0.199. The van der Waals surface area contributed by atoms with Crippen LogP contribution in [0.15, 0.2) is 0 Å². The van der Waals surface area contributed by atoms with Crippen molar-refractivity contribution in [2.24, 2.45) is 5.41 Å². The van der Waals surface area contributed by atoms with Gasteiger partial charge in [-0.1, -0.05) is 20.8 Å². The monoisotopic (exact) mass is 204 g/mol. The Labute approximate surface area is 87.7 Å². The van der Waals surface area contributed by atoms with Gasteiger partial charge in [0.2, 0.25) is 0 Å². The fraction of sp³-hybridized carbons (Fsp3) is 1.00. The zero-order valence-electron chi connectivity index (χ0n) is 10.3. The second-order valence-electron chi connectivity index (χ2n) is 4.11. The van der Waals surface area contributed by atoms with Gasteiger partial charge >= 0.3 is 0 Å². The average molecular weight is 204 g/mol. The van der Waals surface area contributed by atoms with Crippen molar-refractivity contribution in [3.05, 3.63) is 0 Å². The van der Waals surface area contributed by atoms with Crippen LogP contribution in [0.5, 0.6) is 0 Å². The Morgan fingerprint density at radius 2 is 1.00 bits per heavy atom. The molecule has 0 fully saturated rings. The SMILES string of the molecule is CCOC(OCC)(OCC)C(C)(C)C. The van der Waals surface area contributed by atoms with Crippen molar-refractivity contribution in [3.63, 3.8) is 0 Å². The minimum atomic E-state index is -0.911. The molecule has 3 nitrogen and oxygen atoms in total. The normalized spacial score (nSPS) is 13.3. The van der Waals surface area contributed by atoms with E-state index < -0.39 is 5.97 Å². The second kappa shape index (κ2) is 5.69. The van der Waals surface area contributed by atoms with Gasteiger partial charge in [0.05, 0.1) is 0 Å². The summed E-state index contributed by atoms with van der Waals surface area (Å²) in [7, 11) is 0. The maximum absolute atomic E-state index is 5.63. The molecule has 0 spiro atoms. The summed E-state index contributed by atoms with van der Waals surface area (Å²) in [6, 6.07) is 0. The number of hydrogen-bond acceptors (Lipinski definition) is 3. The van der Waals surface area contributed by atoms with E-state index in [0.717, 1.165) is 0 Å². The van der Waals surface area contributed by atoms with Gasteiger partial charge in [-0.2, -0.15) is 0 Å². The van der Waals surface area contributed by atoms with Gasteiger partial charge in [-0.15, -0.1) is 0 Å². The summed E-state index contributed by atoms with van der Waals surface area (Å²) in [5, 5.41) is 0. The molecule has 0 radical (unpaired) electrons. The Hall–Kier alpha value is -0.120. The van der Waals surface area contributed by atoms with Crippen LogP contribution in [0.1, 0.15) is 41.5 Å². The summed E-state index contributed by atoms with van der Waals surface area (Å²) in [5.41, 5.74) is -0.199. The summed E-state index contributed by atoms with van der Waals surface area (Å²) in [5.74, 6) is -0.911. The molecule has 0 N–H and O–H groups in total. The molecule has 0 heterocycles. The van der Waals surface area contributed by atoms with Crippen LogP contribution in [0.2, 0.25) is 0 Å². The third-order valence-corrected chi connectivity index (χ3v) is 1.92. The highest BCUT2D eigenvalue weighted by Gasteiger charge is 2.45. The average Bonchev–Trinajstić information content (AvgIpc) is 2.03. The van der Waals surface area contributed by atoms with Crippen molar-refractivity contribution in [3.8, 4) is 0 Å². The minimum Gasteiger partial charge on any atom is -0.327 e. The zero-order chi connectivity index (χ0) is 11.2. The van der Waals surface area contributed by atoms with Gasteiger partial charge < -0.3 is 14.2 Å². The van der Waals surface area contributed by atoms with Crippen LogP contribution in [0.4, 0.5) is 0 Å². The maximum atomic E-state index is 5.63. The van der Waals surface area contributed by atoms with E-state index >= 15 is 0 Å². The molecule has 3 heteroatoms. The number of hydrogen-bond donors (Lipinski definition) is 0. The van der Waals surface area contributed by atoms with E-state index in [1.165, 1.54) is 0 Å². The predicted molar refractivity (Wildman–Crippen MR) is 57.1 cm³/mol. The third-order valence-electron chi connectivity index (χ3n) is 1.92. The van der Waals surface area contributed by atoms with Crippen molar-refractivity contribution >= 4 is 0 Å². The molecule has 0 aliphatic rings. The van der Waals surface area contributed by atoms with E-state index in [1.807, 2.05) is 41.5 Å². The lowest BCUT2D eigenvalue weighted by atomic mass is 9.92.